The van der Waals surface area contributed by atoms with Crippen molar-refractivity contribution in [2.75, 3.05) is 33.0 Å². The Morgan fingerprint density at radius 3 is 1.87 bits per heavy atom. The highest BCUT2D eigenvalue weighted by Crippen LogP contribution is 2.17. The first-order valence-electron chi connectivity index (χ1n) is 11.7. The number of rotatable bonds is 19. The largest absolute Gasteiger partial charge is 0.461 e. The highest BCUT2D eigenvalue weighted by molar-refractivity contribution is 7.85. The van der Waals surface area contributed by atoms with Gasteiger partial charge in [-0.05, 0) is 12.8 Å². The Morgan fingerprint density at radius 2 is 1.40 bits per heavy atom. The first-order valence-corrected chi connectivity index (χ1v) is 13.3. The molecular formula is C22H46NO6S+. The number of unbranched alkanes of at least 4 members (excludes halogenated alkanes) is 9. The molecule has 2 atom stereocenters. The third kappa shape index (κ3) is 15.2. The summed E-state index contributed by atoms with van der Waals surface area (Å²) in [6.45, 7) is 4.63. The molecule has 0 rings (SSSR count). The van der Waals surface area contributed by atoms with Gasteiger partial charge in [0.05, 0.1) is 20.7 Å². The maximum Gasteiger partial charge on any atom is 0.364 e. The van der Waals surface area contributed by atoms with Gasteiger partial charge in [-0.15, -0.1) is 0 Å². The van der Waals surface area contributed by atoms with Crippen LogP contribution in [-0.4, -0.2) is 73.7 Å². The SMILES string of the molecule is CCCCCCCCCCCCOC(=O)C(CCC)[N+](C)(C)CC(O)CS(=O)(=O)O. The number of esters is 1. The van der Waals surface area contributed by atoms with Crippen LogP contribution in [-0.2, 0) is 19.6 Å². The van der Waals surface area contributed by atoms with E-state index in [2.05, 4.69) is 6.92 Å². The molecule has 8 heteroatoms. The normalized spacial score (nSPS) is 14.5. The molecule has 0 spiro atoms. The minimum atomic E-state index is -4.26. The van der Waals surface area contributed by atoms with E-state index in [0.29, 0.717) is 13.0 Å². The Balaban J connectivity index is 4.23. The number of aliphatic hydroxyl groups excluding tert-OH is 1. The van der Waals surface area contributed by atoms with Gasteiger partial charge in [0.1, 0.15) is 18.4 Å². The fourth-order valence-corrected chi connectivity index (χ4v) is 4.44. The van der Waals surface area contributed by atoms with Crippen LogP contribution in [0, 0.1) is 0 Å². The minimum Gasteiger partial charge on any atom is -0.461 e. The topological polar surface area (TPSA) is 101 Å². The standard InChI is InChI=1S/C22H45NO6S/c1-5-7-8-9-10-11-12-13-14-15-17-29-22(25)21(16-6-2)23(3,4)18-20(24)19-30(26,27)28/h20-21,24H,5-19H2,1-4H3/p+1. The van der Waals surface area contributed by atoms with E-state index in [0.717, 1.165) is 25.7 Å². The lowest BCUT2D eigenvalue weighted by Crippen LogP contribution is -2.57. The summed E-state index contributed by atoms with van der Waals surface area (Å²) in [5.74, 6) is -1.04. The van der Waals surface area contributed by atoms with Crippen LogP contribution in [0.4, 0.5) is 0 Å². The van der Waals surface area contributed by atoms with Crippen LogP contribution < -0.4 is 0 Å². The second-order valence-electron chi connectivity index (χ2n) is 9.02. The Morgan fingerprint density at radius 1 is 0.900 bits per heavy atom. The number of quaternary nitrogens is 1. The number of aliphatic hydroxyl groups is 1. The highest BCUT2D eigenvalue weighted by atomic mass is 32.2. The quantitative estimate of drug-likeness (QED) is 0.133. The second kappa shape index (κ2) is 16.0. The summed E-state index contributed by atoms with van der Waals surface area (Å²) in [7, 11) is -0.717. The van der Waals surface area contributed by atoms with Gasteiger partial charge in [-0.1, -0.05) is 71.6 Å². The van der Waals surface area contributed by atoms with Crippen molar-refractivity contribution in [2.24, 2.45) is 0 Å². The van der Waals surface area contributed by atoms with Crippen molar-refractivity contribution < 1.29 is 32.1 Å². The zero-order valence-corrected chi connectivity index (χ0v) is 20.5. The minimum absolute atomic E-state index is 0.0395. The van der Waals surface area contributed by atoms with E-state index in [-0.39, 0.29) is 17.0 Å². The van der Waals surface area contributed by atoms with Crippen molar-refractivity contribution in [1.82, 2.24) is 0 Å². The lowest BCUT2D eigenvalue weighted by Gasteiger charge is -2.37. The van der Waals surface area contributed by atoms with Crippen LogP contribution in [0.5, 0.6) is 0 Å². The van der Waals surface area contributed by atoms with Crippen molar-refractivity contribution in [3.63, 3.8) is 0 Å². The number of hydrogen-bond acceptors (Lipinski definition) is 5. The molecule has 0 aromatic rings. The number of nitrogens with zero attached hydrogens (tertiary/aromatic N) is 1. The molecule has 2 N–H and O–H groups in total. The number of likely N-dealkylation sites (N-methyl/N-ethyl adjacent to an activating group) is 1. The molecule has 0 fully saturated rings. The highest BCUT2D eigenvalue weighted by Gasteiger charge is 2.37. The van der Waals surface area contributed by atoms with Gasteiger partial charge in [0.25, 0.3) is 10.1 Å². The predicted octanol–water partition coefficient (Wildman–Crippen LogP) is 3.94. The van der Waals surface area contributed by atoms with Crippen LogP contribution in [0.3, 0.4) is 0 Å². The molecule has 0 radical (unpaired) electrons. The number of ether oxygens (including phenoxy) is 1. The van der Waals surface area contributed by atoms with E-state index in [1.54, 1.807) is 14.1 Å². The van der Waals surface area contributed by atoms with Crippen LogP contribution in [0.15, 0.2) is 0 Å². The molecule has 0 saturated carbocycles. The fourth-order valence-electron chi connectivity index (χ4n) is 3.85. The van der Waals surface area contributed by atoms with Gasteiger partial charge in [0, 0.05) is 6.42 Å². The molecule has 2 unspecified atom stereocenters. The summed E-state index contributed by atoms with van der Waals surface area (Å²) in [4.78, 5) is 12.6. The monoisotopic (exact) mass is 452 g/mol. The van der Waals surface area contributed by atoms with E-state index in [4.69, 9.17) is 9.29 Å². The van der Waals surface area contributed by atoms with Gasteiger partial charge in [-0.2, -0.15) is 8.42 Å². The summed E-state index contributed by atoms with van der Waals surface area (Å²) < 4.78 is 36.5. The molecule has 0 aliphatic rings. The number of carbonyl (C=O) groups excluding carboxylic acids is 1. The average molecular weight is 453 g/mol. The van der Waals surface area contributed by atoms with Crippen molar-refractivity contribution in [3.8, 4) is 0 Å². The van der Waals surface area contributed by atoms with Crippen molar-refractivity contribution >= 4 is 16.1 Å². The molecule has 0 aliphatic carbocycles. The lowest BCUT2D eigenvalue weighted by molar-refractivity contribution is -0.909. The molecule has 0 aromatic heterocycles. The second-order valence-corrected chi connectivity index (χ2v) is 10.5. The van der Waals surface area contributed by atoms with E-state index in [9.17, 15) is 18.3 Å². The smallest absolute Gasteiger partial charge is 0.364 e. The van der Waals surface area contributed by atoms with Gasteiger partial charge < -0.3 is 14.3 Å². The Kier molecular flexibility index (Phi) is 15.6. The maximum absolute atomic E-state index is 12.6. The van der Waals surface area contributed by atoms with Gasteiger partial charge in [0.2, 0.25) is 0 Å². The van der Waals surface area contributed by atoms with E-state index < -0.39 is 28.0 Å². The van der Waals surface area contributed by atoms with Crippen molar-refractivity contribution in [3.05, 3.63) is 0 Å². The average Bonchev–Trinajstić information content (AvgIpc) is 2.61. The predicted molar refractivity (Wildman–Crippen MR) is 121 cm³/mol. The van der Waals surface area contributed by atoms with Crippen LogP contribution in [0.2, 0.25) is 0 Å². The number of carbonyl (C=O) groups is 1. The Bertz CT molecular complexity index is 550. The summed E-state index contributed by atoms with van der Waals surface area (Å²) in [5, 5.41) is 9.99. The maximum atomic E-state index is 12.6. The first-order chi connectivity index (χ1) is 14.0. The summed E-state index contributed by atoms with van der Waals surface area (Å²) in [6.07, 6.45) is 12.3. The molecule has 0 amide bonds. The summed E-state index contributed by atoms with van der Waals surface area (Å²) in [5.41, 5.74) is 0. The molecule has 7 nitrogen and oxygen atoms in total. The Hall–Kier alpha value is -0.700. The zero-order valence-electron chi connectivity index (χ0n) is 19.6. The van der Waals surface area contributed by atoms with E-state index in [1.807, 2.05) is 6.92 Å². The molecule has 0 bridgehead atoms. The van der Waals surface area contributed by atoms with Crippen LogP contribution in [0.1, 0.15) is 90.9 Å². The van der Waals surface area contributed by atoms with Gasteiger partial charge in [-0.3, -0.25) is 4.55 Å². The van der Waals surface area contributed by atoms with Crippen LogP contribution >= 0.6 is 0 Å². The fraction of sp³-hybridized carbons (Fsp3) is 0.955. The Labute approximate surface area is 184 Å². The van der Waals surface area contributed by atoms with E-state index >= 15 is 0 Å². The van der Waals surface area contributed by atoms with Crippen molar-refractivity contribution in [2.45, 2.75) is 103 Å². The lowest BCUT2D eigenvalue weighted by atomic mass is 10.1. The molecule has 0 heterocycles. The molecular weight excluding hydrogens is 406 g/mol. The van der Waals surface area contributed by atoms with Gasteiger partial charge >= 0.3 is 5.97 Å². The van der Waals surface area contributed by atoms with Crippen LogP contribution in [0.25, 0.3) is 0 Å². The summed E-state index contributed by atoms with van der Waals surface area (Å²) in [6, 6.07) is -0.478. The van der Waals surface area contributed by atoms with E-state index in [1.165, 1.54) is 44.9 Å². The third-order valence-corrected chi connectivity index (χ3v) is 6.31. The number of hydrogen-bond donors (Lipinski definition) is 2. The molecule has 180 valence electrons. The van der Waals surface area contributed by atoms with Gasteiger partial charge in [-0.25, -0.2) is 4.79 Å². The third-order valence-electron chi connectivity index (χ3n) is 5.50. The molecule has 0 aromatic carbocycles. The zero-order chi connectivity index (χ0) is 23.0. The molecule has 0 aliphatic heterocycles. The van der Waals surface area contributed by atoms with Gasteiger partial charge in [0.15, 0.2) is 6.04 Å². The van der Waals surface area contributed by atoms with Crippen molar-refractivity contribution in [1.29, 1.82) is 0 Å². The summed E-state index contributed by atoms with van der Waals surface area (Å²) >= 11 is 0. The molecule has 0 saturated heterocycles. The molecule has 30 heavy (non-hydrogen) atoms. The first kappa shape index (κ1) is 29.3.